The summed E-state index contributed by atoms with van der Waals surface area (Å²) in [5, 5.41) is 22.3. The highest BCUT2D eigenvalue weighted by molar-refractivity contribution is 7.91. The number of aromatic hydroxyl groups is 2. The average Bonchev–Trinajstić information content (AvgIpc) is 2.52. The molecule has 0 aliphatic carbocycles. The first-order chi connectivity index (χ1) is 8.71. The highest BCUT2D eigenvalue weighted by atomic mass is 32.2. The average molecular weight is 285 g/mol. The monoisotopic (exact) mass is 285 g/mol. The molecule has 0 bridgehead atoms. The molecule has 2 rings (SSSR count). The van der Waals surface area contributed by atoms with E-state index in [2.05, 4.69) is 5.32 Å². The van der Waals surface area contributed by atoms with Crippen LogP contribution in [0.2, 0.25) is 0 Å². The van der Waals surface area contributed by atoms with Gasteiger partial charge in [0, 0.05) is 23.2 Å². The van der Waals surface area contributed by atoms with Crippen LogP contribution in [0.25, 0.3) is 0 Å². The molecule has 106 valence electrons. The Labute approximate surface area is 113 Å². The van der Waals surface area contributed by atoms with Gasteiger partial charge in [0.05, 0.1) is 11.5 Å². The molecule has 5 nitrogen and oxygen atoms in total. The first kappa shape index (κ1) is 14.1. The number of phenolic OH excluding ortho intramolecular Hbond substituents is 2. The summed E-state index contributed by atoms with van der Waals surface area (Å²) >= 11 is 0. The van der Waals surface area contributed by atoms with Gasteiger partial charge in [0.25, 0.3) is 0 Å². The summed E-state index contributed by atoms with van der Waals surface area (Å²) in [5.41, 5.74) is 0.172. The van der Waals surface area contributed by atoms with E-state index < -0.39 is 15.4 Å². The molecule has 0 amide bonds. The van der Waals surface area contributed by atoms with Crippen molar-refractivity contribution in [3.8, 4) is 11.5 Å². The van der Waals surface area contributed by atoms with Crippen molar-refractivity contribution in [2.75, 3.05) is 11.5 Å². The summed E-state index contributed by atoms with van der Waals surface area (Å²) in [5.74, 6) is 0.320. The van der Waals surface area contributed by atoms with E-state index in [0.29, 0.717) is 12.0 Å². The second-order valence-corrected chi connectivity index (χ2v) is 7.70. The largest absolute Gasteiger partial charge is 0.508 e. The van der Waals surface area contributed by atoms with Gasteiger partial charge in [-0.1, -0.05) is 6.07 Å². The van der Waals surface area contributed by atoms with E-state index in [9.17, 15) is 18.6 Å². The Morgan fingerprint density at radius 2 is 2.05 bits per heavy atom. The third kappa shape index (κ3) is 3.19. The molecule has 1 aromatic carbocycles. The lowest BCUT2D eigenvalue weighted by molar-refractivity contribution is 0.347. The van der Waals surface area contributed by atoms with Crippen molar-refractivity contribution in [3.63, 3.8) is 0 Å². The molecule has 0 aromatic heterocycles. The van der Waals surface area contributed by atoms with Gasteiger partial charge in [0.2, 0.25) is 0 Å². The predicted molar refractivity (Wildman–Crippen MR) is 73.0 cm³/mol. The summed E-state index contributed by atoms with van der Waals surface area (Å²) in [6, 6.07) is 4.22. The highest BCUT2D eigenvalue weighted by Crippen LogP contribution is 2.31. The molecule has 2 unspecified atom stereocenters. The lowest BCUT2D eigenvalue weighted by Gasteiger charge is -2.29. The molecule has 1 aliphatic rings. The van der Waals surface area contributed by atoms with Crippen molar-refractivity contribution in [1.29, 1.82) is 0 Å². The molecule has 0 radical (unpaired) electrons. The van der Waals surface area contributed by atoms with Gasteiger partial charge >= 0.3 is 0 Å². The Morgan fingerprint density at radius 3 is 2.58 bits per heavy atom. The second kappa shape index (κ2) is 4.68. The van der Waals surface area contributed by atoms with Gasteiger partial charge in [-0.2, -0.15) is 0 Å². The fraction of sp³-hybridized carbons (Fsp3) is 0.538. The van der Waals surface area contributed by atoms with E-state index in [-0.39, 0.29) is 29.0 Å². The second-order valence-electron chi connectivity index (χ2n) is 5.51. The summed E-state index contributed by atoms with van der Waals surface area (Å²) in [6.07, 6.45) is 0.568. The van der Waals surface area contributed by atoms with Crippen LogP contribution in [-0.4, -0.2) is 35.7 Å². The zero-order valence-electron chi connectivity index (χ0n) is 11.0. The van der Waals surface area contributed by atoms with Crippen LogP contribution >= 0.6 is 0 Å². The molecule has 1 heterocycles. The van der Waals surface area contributed by atoms with Crippen LogP contribution in [0.4, 0.5) is 0 Å². The predicted octanol–water partition coefficient (Wildman–Crippen LogP) is 1.33. The number of rotatable bonds is 3. The maximum atomic E-state index is 11.6. The summed E-state index contributed by atoms with van der Waals surface area (Å²) in [4.78, 5) is 0. The zero-order chi connectivity index (χ0) is 14.3. The van der Waals surface area contributed by atoms with Crippen LogP contribution in [0.5, 0.6) is 11.5 Å². The van der Waals surface area contributed by atoms with Crippen LogP contribution in [0.15, 0.2) is 18.2 Å². The number of nitrogens with one attached hydrogen (secondary N) is 1. The lowest BCUT2D eigenvalue weighted by Crippen LogP contribution is -2.44. The van der Waals surface area contributed by atoms with Crippen molar-refractivity contribution < 1.29 is 18.6 Å². The molecule has 1 fully saturated rings. The quantitative estimate of drug-likeness (QED) is 0.780. The van der Waals surface area contributed by atoms with Gasteiger partial charge in [-0.3, -0.25) is 0 Å². The van der Waals surface area contributed by atoms with Crippen molar-refractivity contribution >= 4 is 9.84 Å². The van der Waals surface area contributed by atoms with Crippen molar-refractivity contribution in [2.45, 2.75) is 31.8 Å². The third-order valence-corrected chi connectivity index (χ3v) is 5.45. The SMILES string of the molecule is CC(NC1(C)CCS(=O)(=O)C1)c1ccc(O)cc1O. The van der Waals surface area contributed by atoms with Crippen LogP contribution in [0, 0.1) is 0 Å². The topological polar surface area (TPSA) is 86.6 Å². The first-order valence-corrected chi connectivity index (χ1v) is 8.03. The van der Waals surface area contributed by atoms with Crippen LogP contribution in [0.1, 0.15) is 31.9 Å². The molecule has 1 aromatic rings. The molecular weight excluding hydrogens is 266 g/mol. The van der Waals surface area contributed by atoms with Crippen molar-refractivity contribution in [1.82, 2.24) is 5.32 Å². The summed E-state index contributed by atoms with van der Waals surface area (Å²) in [6.45, 7) is 3.74. The van der Waals surface area contributed by atoms with Crippen molar-refractivity contribution in [3.05, 3.63) is 23.8 Å². The Kier molecular flexibility index (Phi) is 3.49. The fourth-order valence-corrected chi connectivity index (χ4v) is 4.73. The molecule has 19 heavy (non-hydrogen) atoms. The minimum atomic E-state index is -2.96. The van der Waals surface area contributed by atoms with E-state index in [1.54, 1.807) is 6.07 Å². The van der Waals surface area contributed by atoms with Crippen LogP contribution in [-0.2, 0) is 9.84 Å². The maximum absolute atomic E-state index is 11.6. The number of phenols is 2. The minimum absolute atomic E-state index is 0.00288. The van der Waals surface area contributed by atoms with E-state index in [0.717, 1.165) is 0 Å². The molecule has 6 heteroatoms. The molecule has 3 N–H and O–H groups in total. The van der Waals surface area contributed by atoms with Gasteiger partial charge in [-0.25, -0.2) is 8.42 Å². The van der Waals surface area contributed by atoms with E-state index in [1.165, 1.54) is 12.1 Å². The molecule has 2 atom stereocenters. The Bertz CT molecular complexity index is 584. The molecule has 0 spiro atoms. The number of sulfone groups is 1. The minimum Gasteiger partial charge on any atom is -0.508 e. The Morgan fingerprint density at radius 1 is 1.37 bits per heavy atom. The standard InChI is InChI=1S/C13H19NO4S/c1-9(11-4-3-10(15)7-12(11)16)14-13(2)5-6-19(17,18)8-13/h3-4,7,9,14-16H,5-6,8H2,1-2H3. The molecule has 1 aliphatic heterocycles. The van der Waals surface area contributed by atoms with E-state index in [1.807, 2.05) is 13.8 Å². The van der Waals surface area contributed by atoms with E-state index >= 15 is 0 Å². The number of hydrogen-bond acceptors (Lipinski definition) is 5. The van der Waals surface area contributed by atoms with Crippen molar-refractivity contribution in [2.24, 2.45) is 0 Å². The molecule has 0 saturated carbocycles. The smallest absolute Gasteiger partial charge is 0.152 e. The first-order valence-electron chi connectivity index (χ1n) is 6.21. The van der Waals surface area contributed by atoms with Gasteiger partial charge in [0.1, 0.15) is 11.5 Å². The Hall–Kier alpha value is -1.27. The van der Waals surface area contributed by atoms with Gasteiger partial charge in [-0.15, -0.1) is 0 Å². The van der Waals surface area contributed by atoms with Gasteiger partial charge in [-0.05, 0) is 26.3 Å². The van der Waals surface area contributed by atoms with Gasteiger partial charge < -0.3 is 15.5 Å². The molecular formula is C13H19NO4S. The number of hydrogen-bond donors (Lipinski definition) is 3. The normalized spacial score (nSPS) is 27.3. The van der Waals surface area contributed by atoms with E-state index in [4.69, 9.17) is 0 Å². The lowest BCUT2D eigenvalue weighted by atomic mass is 9.98. The maximum Gasteiger partial charge on any atom is 0.152 e. The summed E-state index contributed by atoms with van der Waals surface area (Å²) < 4.78 is 23.1. The zero-order valence-corrected chi connectivity index (χ0v) is 11.9. The van der Waals surface area contributed by atoms with Gasteiger partial charge in [0.15, 0.2) is 9.84 Å². The summed E-state index contributed by atoms with van der Waals surface area (Å²) in [7, 11) is -2.96. The number of benzene rings is 1. The van der Waals surface area contributed by atoms with Crippen LogP contribution < -0.4 is 5.32 Å². The highest BCUT2D eigenvalue weighted by Gasteiger charge is 2.39. The molecule has 1 saturated heterocycles. The van der Waals surface area contributed by atoms with Crippen LogP contribution in [0.3, 0.4) is 0 Å². The third-order valence-electron chi connectivity index (χ3n) is 3.55. The Balaban J connectivity index is 2.15. The fourth-order valence-electron chi connectivity index (χ4n) is 2.62.